The average molecular weight is 213 g/mol. The summed E-state index contributed by atoms with van der Waals surface area (Å²) in [7, 11) is 6.19. The van der Waals surface area contributed by atoms with E-state index in [1.54, 1.807) is 0 Å². The normalized spacial score (nSPS) is 9.57. The molecule has 0 saturated carbocycles. The summed E-state index contributed by atoms with van der Waals surface area (Å²) in [6, 6.07) is 0. The van der Waals surface area contributed by atoms with Gasteiger partial charge < -0.3 is 28.5 Å². The Kier molecular flexibility index (Phi) is 5.11. The zero-order valence-electron chi connectivity index (χ0n) is 5.11. The summed E-state index contributed by atoms with van der Waals surface area (Å²) >= 11 is 0. The Bertz CT molecular complexity index is 53.6. The minimum Gasteiger partial charge on any atom is -1.00 e. The molecule has 0 aromatic heterocycles. The highest BCUT2D eigenvalue weighted by molar-refractivity contribution is 4.46. The molecule has 0 aliphatic rings. The van der Waals surface area contributed by atoms with Gasteiger partial charge in [0.2, 0.25) is 0 Å². The first-order valence-electron chi connectivity index (χ1n) is 2.01. The van der Waals surface area contributed by atoms with Crippen molar-refractivity contribution in [1.82, 2.24) is 0 Å². The molecule has 0 unspecified atom stereocenters. The van der Waals surface area contributed by atoms with E-state index in [0.717, 1.165) is 4.48 Å². The van der Waals surface area contributed by atoms with Gasteiger partial charge in [-0.2, -0.15) is 0 Å². The fourth-order valence-corrected chi connectivity index (χ4v) is 0. The van der Waals surface area contributed by atoms with Crippen LogP contribution in [0.5, 0.6) is 0 Å². The average Bonchev–Trinajstić information content (AvgIpc) is 1.35. The molecule has 0 rings (SSSR count). The van der Waals surface area contributed by atoms with Crippen molar-refractivity contribution in [2.75, 3.05) is 21.1 Å². The van der Waals surface area contributed by atoms with E-state index in [1.807, 2.05) is 6.20 Å². The molecule has 1 nitrogen and oxygen atoms in total. The highest BCUT2D eigenvalue weighted by atomic mass is 127. The molecular weight excluding hydrogens is 201 g/mol. The summed E-state index contributed by atoms with van der Waals surface area (Å²) in [4.78, 5) is 0. The lowest BCUT2D eigenvalue weighted by molar-refractivity contribution is -0.816. The second kappa shape index (κ2) is 3.43. The molecule has 0 bridgehead atoms. The van der Waals surface area contributed by atoms with Gasteiger partial charge in [-0.05, 0) is 6.58 Å². The Morgan fingerprint density at radius 1 is 1.29 bits per heavy atom. The summed E-state index contributed by atoms with van der Waals surface area (Å²) < 4.78 is 0.833. The number of nitrogens with zero attached hydrogens (tertiary/aromatic N) is 1. The first kappa shape index (κ1) is 10.4. The molecule has 0 radical (unpaired) electrons. The Hall–Kier alpha value is 0.430. The smallest absolute Gasteiger partial charge is 0.0879 e. The molecule has 0 heterocycles. The topological polar surface area (TPSA) is 0 Å². The first-order chi connectivity index (χ1) is 2.56. The molecule has 0 aromatic carbocycles. The van der Waals surface area contributed by atoms with Gasteiger partial charge in [-0.25, -0.2) is 0 Å². The van der Waals surface area contributed by atoms with Crippen LogP contribution in [0.25, 0.3) is 0 Å². The quantitative estimate of drug-likeness (QED) is 0.344. The number of halogens is 1. The van der Waals surface area contributed by atoms with Crippen LogP contribution in [0.2, 0.25) is 0 Å². The van der Waals surface area contributed by atoms with Gasteiger partial charge in [-0.1, -0.05) is 0 Å². The molecule has 0 N–H and O–H groups in total. The molecular formula is C5H12IN. The zero-order valence-corrected chi connectivity index (χ0v) is 7.27. The number of hydrogen-bond donors (Lipinski definition) is 0. The molecule has 7 heavy (non-hydrogen) atoms. The molecule has 0 amide bonds. The van der Waals surface area contributed by atoms with Crippen molar-refractivity contribution in [1.29, 1.82) is 0 Å². The van der Waals surface area contributed by atoms with Gasteiger partial charge in [0.1, 0.15) is 0 Å². The maximum Gasteiger partial charge on any atom is 0.0879 e. The first-order valence-corrected chi connectivity index (χ1v) is 2.01. The van der Waals surface area contributed by atoms with Crippen LogP contribution in [-0.4, -0.2) is 25.6 Å². The Labute approximate surface area is 62.6 Å². The van der Waals surface area contributed by atoms with E-state index in [2.05, 4.69) is 27.7 Å². The van der Waals surface area contributed by atoms with Crippen molar-refractivity contribution in [3.8, 4) is 0 Å². The standard InChI is InChI=1S/C5H12N.HI/c1-5-6(2,3)4;/h5H,1H2,2-4H3;1H/q+1;/p-1. The molecule has 2 heteroatoms. The van der Waals surface area contributed by atoms with Crippen LogP contribution in [0.3, 0.4) is 0 Å². The van der Waals surface area contributed by atoms with E-state index < -0.39 is 0 Å². The molecule has 44 valence electrons. The summed E-state index contributed by atoms with van der Waals surface area (Å²) in [5.74, 6) is 0. The van der Waals surface area contributed by atoms with Crippen LogP contribution in [0.4, 0.5) is 0 Å². The molecule has 0 fully saturated rings. The number of hydrogen-bond acceptors (Lipinski definition) is 0. The lowest BCUT2D eigenvalue weighted by atomic mass is 10.7. The highest BCUT2D eigenvalue weighted by Gasteiger charge is 1.94. The fraction of sp³-hybridized carbons (Fsp3) is 0.600. The predicted molar refractivity (Wildman–Crippen MR) is 28.2 cm³/mol. The zero-order chi connectivity index (χ0) is 5.21. The van der Waals surface area contributed by atoms with Crippen LogP contribution in [0, 0.1) is 0 Å². The maximum atomic E-state index is 3.60. The Morgan fingerprint density at radius 2 is 1.43 bits per heavy atom. The molecule has 0 aliphatic carbocycles. The maximum absolute atomic E-state index is 3.60. The van der Waals surface area contributed by atoms with E-state index in [-0.39, 0.29) is 24.0 Å². The fourth-order valence-electron chi connectivity index (χ4n) is 0. The van der Waals surface area contributed by atoms with Crippen LogP contribution in [-0.2, 0) is 0 Å². The summed E-state index contributed by atoms with van der Waals surface area (Å²) in [6.45, 7) is 3.60. The van der Waals surface area contributed by atoms with Gasteiger partial charge in [-0.3, -0.25) is 0 Å². The third-order valence-corrected chi connectivity index (χ3v) is 0.548. The van der Waals surface area contributed by atoms with E-state index in [0.29, 0.717) is 0 Å². The van der Waals surface area contributed by atoms with E-state index >= 15 is 0 Å². The lowest BCUT2D eigenvalue weighted by Gasteiger charge is -2.15. The second-order valence-corrected chi connectivity index (χ2v) is 2.30. The van der Waals surface area contributed by atoms with Crippen molar-refractivity contribution in [3.05, 3.63) is 12.8 Å². The van der Waals surface area contributed by atoms with Crippen LogP contribution in [0.15, 0.2) is 12.8 Å². The van der Waals surface area contributed by atoms with Gasteiger partial charge >= 0.3 is 0 Å². The third kappa shape index (κ3) is 10.7. The van der Waals surface area contributed by atoms with Crippen molar-refractivity contribution in [3.63, 3.8) is 0 Å². The second-order valence-electron chi connectivity index (χ2n) is 2.30. The van der Waals surface area contributed by atoms with E-state index in [9.17, 15) is 0 Å². The van der Waals surface area contributed by atoms with E-state index in [1.165, 1.54) is 0 Å². The minimum atomic E-state index is 0. The summed E-state index contributed by atoms with van der Waals surface area (Å²) in [6.07, 6.45) is 1.88. The predicted octanol–water partition coefficient (Wildman–Crippen LogP) is -2.16. The van der Waals surface area contributed by atoms with Crippen molar-refractivity contribution < 1.29 is 28.5 Å². The SMILES string of the molecule is C=C[N+](C)(C)C.[I-]. The van der Waals surface area contributed by atoms with Gasteiger partial charge in [0.25, 0.3) is 0 Å². The third-order valence-electron chi connectivity index (χ3n) is 0.548. The van der Waals surface area contributed by atoms with Gasteiger partial charge in [0, 0.05) is 0 Å². The van der Waals surface area contributed by atoms with Crippen molar-refractivity contribution >= 4 is 0 Å². The van der Waals surface area contributed by atoms with Gasteiger partial charge in [0.15, 0.2) is 0 Å². The minimum absolute atomic E-state index is 0. The lowest BCUT2D eigenvalue weighted by Crippen LogP contribution is -3.00. The monoisotopic (exact) mass is 213 g/mol. The molecule has 0 saturated heterocycles. The molecule has 0 atom stereocenters. The Morgan fingerprint density at radius 3 is 1.43 bits per heavy atom. The van der Waals surface area contributed by atoms with E-state index in [4.69, 9.17) is 0 Å². The molecule has 0 aliphatic heterocycles. The van der Waals surface area contributed by atoms with Crippen molar-refractivity contribution in [2.45, 2.75) is 0 Å². The highest BCUT2D eigenvalue weighted by Crippen LogP contribution is 1.85. The summed E-state index contributed by atoms with van der Waals surface area (Å²) in [5.41, 5.74) is 0. The Balaban J connectivity index is 0. The van der Waals surface area contributed by atoms with Gasteiger partial charge in [0.05, 0.1) is 27.3 Å². The van der Waals surface area contributed by atoms with Gasteiger partial charge in [-0.15, -0.1) is 0 Å². The van der Waals surface area contributed by atoms with Crippen LogP contribution >= 0.6 is 0 Å². The largest absolute Gasteiger partial charge is 1.00 e. The molecule has 0 spiro atoms. The van der Waals surface area contributed by atoms with Crippen molar-refractivity contribution in [2.24, 2.45) is 0 Å². The number of quaternary nitrogens is 1. The van der Waals surface area contributed by atoms with Crippen LogP contribution < -0.4 is 24.0 Å². The molecule has 0 aromatic rings. The van der Waals surface area contributed by atoms with Crippen LogP contribution in [0.1, 0.15) is 0 Å². The number of rotatable bonds is 1. The summed E-state index contributed by atoms with van der Waals surface area (Å²) in [5, 5.41) is 0.